The SMILES string of the molecule is O=C(Cc1ccc(F)cc1Br)c1cc2ccccc2s1. The van der Waals surface area contributed by atoms with E-state index in [2.05, 4.69) is 15.9 Å². The minimum absolute atomic E-state index is 0.0542. The van der Waals surface area contributed by atoms with Gasteiger partial charge >= 0.3 is 0 Å². The zero-order valence-electron chi connectivity index (χ0n) is 10.4. The standard InChI is InChI=1S/C16H10BrFOS/c17-13-9-12(18)6-5-10(13)7-14(19)16-8-11-3-1-2-4-15(11)20-16/h1-6,8-9H,7H2. The van der Waals surface area contributed by atoms with Gasteiger partial charge in [0.1, 0.15) is 5.82 Å². The van der Waals surface area contributed by atoms with Crippen LogP contribution in [0.4, 0.5) is 4.39 Å². The van der Waals surface area contributed by atoms with Crippen LogP contribution in [0.1, 0.15) is 15.2 Å². The summed E-state index contributed by atoms with van der Waals surface area (Å²) in [6, 6.07) is 14.2. The number of Topliss-reactive ketones (excluding diaryl/α,β-unsaturated/α-hetero) is 1. The maximum absolute atomic E-state index is 13.0. The molecule has 2 aromatic carbocycles. The summed E-state index contributed by atoms with van der Waals surface area (Å²) in [4.78, 5) is 13.1. The molecule has 0 atom stereocenters. The molecule has 0 saturated carbocycles. The van der Waals surface area contributed by atoms with Gasteiger partial charge in [0.2, 0.25) is 0 Å². The molecule has 0 radical (unpaired) electrons. The summed E-state index contributed by atoms with van der Waals surface area (Å²) in [5, 5.41) is 1.08. The van der Waals surface area contributed by atoms with Crippen LogP contribution in [0, 0.1) is 5.82 Å². The van der Waals surface area contributed by atoms with E-state index in [1.807, 2.05) is 30.3 Å². The van der Waals surface area contributed by atoms with Crippen LogP contribution < -0.4 is 0 Å². The first-order valence-electron chi connectivity index (χ1n) is 6.09. The Labute approximate surface area is 128 Å². The zero-order valence-corrected chi connectivity index (χ0v) is 12.8. The smallest absolute Gasteiger partial charge is 0.177 e. The first-order valence-corrected chi connectivity index (χ1v) is 7.70. The van der Waals surface area contributed by atoms with Crippen molar-refractivity contribution in [3.63, 3.8) is 0 Å². The Kier molecular flexibility index (Phi) is 3.68. The average Bonchev–Trinajstić information content (AvgIpc) is 2.86. The summed E-state index contributed by atoms with van der Waals surface area (Å²) in [6.45, 7) is 0. The minimum Gasteiger partial charge on any atom is -0.293 e. The number of rotatable bonds is 3. The summed E-state index contributed by atoms with van der Waals surface area (Å²) in [6.07, 6.45) is 0.272. The zero-order chi connectivity index (χ0) is 14.1. The van der Waals surface area contributed by atoms with Gasteiger partial charge in [0.05, 0.1) is 4.88 Å². The highest BCUT2D eigenvalue weighted by Crippen LogP contribution is 2.27. The van der Waals surface area contributed by atoms with E-state index in [0.29, 0.717) is 4.47 Å². The van der Waals surface area contributed by atoms with Crippen molar-refractivity contribution in [2.75, 3.05) is 0 Å². The molecule has 0 N–H and O–H groups in total. The Hall–Kier alpha value is -1.52. The number of halogens is 2. The van der Waals surface area contributed by atoms with Crippen molar-refractivity contribution in [2.24, 2.45) is 0 Å². The summed E-state index contributed by atoms with van der Waals surface area (Å²) >= 11 is 4.79. The molecule has 1 aromatic heterocycles. The molecule has 0 aliphatic rings. The lowest BCUT2D eigenvalue weighted by Crippen LogP contribution is -2.02. The van der Waals surface area contributed by atoms with Gasteiger partial charge in [0.15, 0.2) is 5.78 Å². The van der Waals surface area contributed by atoms with Crippen LogP contribution in [0.3, 0.4) is 0 Å². The van der Waals surface area contributed by atoms with E-state index in [1.165, 1.54) is 23.5 Å². The molecule has 3 rings (SSSR count). The van der Waals surface area contributed by atoms with Gasteiger partial charge in [-0.3, -0.25) is 4.79 Å². The van der Waals surface area contributed by atoms with Gasteiger partial charge in [-0.25, -0.2) is 4.39 Å². The van der Waals surface area contributed by atoms with Crippen LogP contribution in [-0.2, 0) is 6.42 Å². The third-order valence-corrected chi connectivity index (χ3v) is 4.96. The van der Waals surface area contributed by atoms with Gasteiger partial charge in [-0.2, -0.15) is 0 Å². The second kappa shape index (κ2) is 5.46. The normalized spacial score (nSPS) is 10.9. The number of carbonyl (C=O) groups is 1. The van der Waals surface area contributed by atoms with Gasteiger partial charge in [-0.05, 0) is 35.2 Å². The first kappa shape index (κ1) is 13.5. The van der Waals surface area contributed by atoms with Crippen molar-refractivity contribution >= 4 is 43.1 Å². The Balaban J connectivity index is 1.89. The molecule has 0 aliphatic carbocycles. The van der Waals surface area contributed by atoms with Gasteiger partial charge in [0.25, 0.3) is 0 Å². The predicted molar refractivity (Wildman–Crippen MR) is 84.0 cm³/mol. The molecule has 0 amide bonds. The van der Waals surface area contributed by atoms with E-state index in [9.17, 15) is 9.18 Å². The molecule has 0 aliphatic heterocycles. The van der Waals surface area contributed by atoms with E-state index >= 15 is 0 Å². The fourth-order valence-electron chi connectivity index (χ4n) is 2.04. The summed E-state index contributed by atoms with van der Waals surface area (Å²) in [7, 11) is 0. The molecule has 0 bridgehead atoms. The molecule has 0 unspecified atom stereocenters. The predicted octanol–water partition coefficient (Wildman–Crippen LogP) is 5.23. The van der Waals surface area contributed by atoms with Crippen molar-refractivity contribution in [1.29, 1.82) is 0 Å². The summed E-state index contributed by atoms with van der Waals surface area (Å²) in [5.74, 6) is -0.256. The fraction of sp³-hybridized carbons (Fsp3) is 0.0625. The number of fused-ring (bicyclic) bond motifs is 1. The quantitative estimate of drug-likeness (QED) is 0.592. The maximum atomic E-state index is 13.0. The fourth-order valence-corrected chi connectivity index (χ4v) is 3.54. The number of hydrogen-bond acceptors (Lipinski definition) is 2. The van der Waals surface area contributed by atoms with Crippen LogP contribution in [-0.4, -0.2) is 5.78 Å². The van der Waals surface area contributed by atoms with E-state index in [0.717, 1.165) is 20.5 Å². The summed E-state index contributed by atoms with van der Waals surface area (Å²) in [5.41, 5.74) is 0.800. The Bertz CT molecular complexity index is 761. The number of carbonyl (C=O) groups excluding carboxylic acids is 1. The molecule has 3 aromatic rings. The van der Waals surface area contributed by atoms with Crippen LogP contribution >= 0.6 is 27.3 Å². The third-order valence-electron chi connectivity index (χ3n) is 3.07. The number of hydrogen-bond donors (Lipinski definition) is 0. The molecular weight excluding hydrogens is 339 g/mol. The molecule has 0 spiro atoms. The summed E-state index contributed by atoms with van der Waals surface area (Å²) < 4.78 is 14.8. The minimum atomic E-state index is -0.310. The second-order valence-electron chi connectivity index (χ2n) is 4.48. The van der Waals surface area contributed by atoms with Crippen molar-refractivity contribution < 1.29 is 9.18 Å². The molecule has 20 heavy (non-hydrogen) atoms. The third kappa shape index (κ3) is 2.67. The molecular formula is C16H10BrFOS. The first-order chi connectivity index (χ1) is 9.63. The molecule has 1 heterocycles. The van der Waals surface area contributed by atoms with Crippen LogP contribution in [0.15, 0.2) is 53.0 Å². The van der Waals surface area contributed by atoms with E-state index < -0.39 is 0 Å². The van der Waals surface area contributed by atoms with Crippen molar-refractivity contribution in [3.05, 3.63) is 69.3 Å². The topological polar surface area (TPSA) is 17.1 Å². The number of ketones is 1. The molecule has 0 saturated heterocycles. The maximum Gasteiger partial charge on any atom is 0.177 e. The Morgan fingerprint density at radius 3 is 2.70 bits per heavy atom. The lowest BCUT2D eigenvalue weighted by atomic mass is 10.1. The monoisotopic (exact) mass is 348 g/mol. The van der Waals surface area contributed by atoms with Crippen molar-refractivity contribution in [2.45, 2.75) is 6.42 Å². The van der Waals surface area contributed by atoms with E-state index in [-0.39, 0.29) is 18.0 Å². The van der Waals surface area contributed by atoms with Gasteiger partial charge in [0, 0.05) is 15.6 Å². The lowest BCUT2D eigenvalue weighted by Gasteiger charge is -2.02. The Morgan fingerprint density at radius 1 is 1.15 bits per heavy atom. The van der Waals surface area contributed by atoms with Gasteiger partial charge in [-0.1, -0.05) is 40.2 Å². The van der Waals surface area contributed by atoms with Crippen molar-refractivity contribution in [1.82, 2.24) is 0 Å². The highest BCUT2D eigenvalue weighted by Gasteiger charge is 2.13. The lowest BCUT2D eigenvalue weighted by molar-refractivity contribution is 0.0996. The highest BCUT2D eigenvalue weighted by atomic mass is 79.9. The number of thiophene rings is 1. The van der Waals surface area contributed by atoms with Crippen LogP contribution in [0.25, 0.3) is 10.1 Å². The van der Waals surface area contributed by atoms with Crippen LogP contribution in [0.5, 0.6) is 0 Å². The largest absolute Gasteiger partial charge is 0.293 e. The van der Waals surface area contributed by atoms with Crippen LogP contribution in [0.2, 0.25) is 0 Å². The highest BCUT2D eigenvalue weighted by molar-refractivity contribution is 9.10. The molecule has 1 nitrogen and oxygen atoms in total. The second-order valence-corrected chi connectivity index (χ2v) is 6.42. The van der Waals surface area contributed by atoms with Gasteiger partial charge < -0.3 is 0 Å². The molecule has 0 fully saturated rings. The molecule has 100 valence electrons. The van der Waals surface area contributed by atoms with E-state index in [4.69, 9.17) is 0 Å². The van der Waals surface area contributed by atoms with Gasteiger partial charge in [-0.15, -0.1) is 11.3 Å². The Morgan fingerprint density at radius 2 is 1.95 bits per heavy atom. The van der Waals surface area contributed by atoms with E-state index in [1.54, 1.807) is 6.07 Å². The average molecular weight is 349 g/mol. The molecule has 4 heteroatoms. The van der Waals surface area contributed by atoms with Crippen molar-refractivity contribution in [3.8, 4) is 0 Å². The number of benzene rings is 2.